The molecule has 4 nitrogen and oxygen atoms in total. The third kappa shape index (κ3) is 1.68. The van der Waals surface area contributed by atoms with Gasteiger partial charge in [0, 0.05) is 23.2 Å². The lowest BCUT2D eigenvalue weighted by molar-refractivity contribution is -0.141. The van der Waals surface area contributed by atoms with Crippen LogP contribution in [0.3, 0.4) is 0 Å². The highest BCUT2D eigenvalue weighted by atomic mass is 19.4. The molecule has 0 aliphatic heterocycles. The van der Waals surface area contributed by atoms with Gasteiger partial charge in [-0.1, -0.05) is 13.8 Å². The summed E-state index contributed by atoms with van der Waals surface area (Å²) in [4.78, 5) is 4.00. The zero-order valence-corrected chi connectivity index (χ0v) is 10.9. The fourth-order valence-electron chi connectivity index (χ4n) is 2.85. The van der Waals surface area contributed by atoms with Gasteiger partial charge in [0.1, 0.15) is 0 Å². The average molecular weight is 280 g/mol. The van der Waals surface area contributed by atoms with Gasteiger partial charge in [0.25, 0.3) is 0 Å². The molecule has 2 aromatic heterocycles. The van der Waals surface area contributed by atoms with Crippen molar-refractivity contribution in [2.75, 3.05) is 0 Å². The van der Waals surface area contributed by atoms with Gasteiger partial charge in [-0.05, 0) is 6.42 Å². The molecule has 0 saturated heterocycles. The number of nitrogens with zero attached hydrogens (tertiary/aromatic N) is 4. The van der Waals surface area contributed by atoms with Crippen LogP contribution in [0.5, 0.6) is 0 Å². The summed E-state index contributed by atoms with van der Waals surface area (Å²) in [7, 11) is 0. The smallest absolute Gasteiger partial charge is 0.237 e. The third-order valence-electron chi connectivity index (χ3n) is 3.69. The molecule has 104 valence electrons. The molecule has 20 heavy (non-hydrogen) atoms. The van der Waals surface area contributed by atoms with Crippen LogP contribution in [0, 0.1) is 11.3 Å². The maximum atomic E-state index is 12.8. The Hall–Kier alpha value is -2.10. The largest absolute Gasteiger partial charge is 0.435 e. The Morgan fingerprint density at radius 1 is 1.45 bits per heavy atom. The molecule has 1 atom stereocenters. The normalized spacial score (nSPS) is 20.9. The van der Waals surface area contributed by atoms with Crippen molar-refractivity contribution in [3.8, 4) is 6.07 Å². The van der Waals surface area contributed by atoms with Gasteiger partial charge in [0.2, 0.25) is 0 Å². The fourth-order valence-corrected chi connectivity index (χ4v) is 2.85. The molecule has 3 rings (SSSR count). The number of hydrogen-bond donors (Lipinski definition) is 0. The molecule has 1 aliphatic rings. The molecule has 0 N–H and O–H groups in total. The van der Waals surface area contributed by atoms with Crippen molar-refractivity contribution in [2.24, 2.45) is 0 Å². The number of alkyl halides is 3. The molecule has 2 heterocycles. The van der Waals surface area contributed by atoms with Crippen molar-refractivity contribution >= 4 is 5.65 Å². The summed E-state index contributed by atoms with van der Waals surface area (Å²) < 4.78 is 39.5. The number of aromatic nitrogens is 3. The van der Waals surface area contributed by atoms with Gasteiger partial charge in [-0.15, -0.1) is 0 Å². The highest BCUT2D eigenvalue weighted by molar-refractivity contribution is 5.49. The third-order valence-corrected chi connectivity index (χ3v) is 3.69. The van der Waals surface area contributed by atoms with Gasteiger partial charge in [-0.3, -0.25) is 0 Å². The second-order valence-corrected chi connectivity index (χ2v) is 5.63. The van der Waals surface area contributed by atoms with E-state index in [1.807, 2.05) is 13.8 Å². The quantitative estimate of drug-likeness (QED) is 0.745. The van der Waals surface area contributed by atoms with E-state index in [2.05, 4.69) is 16.2 Å². The predicted octanol–water partition coefficient (Wildman–Crippen LogP) is 3.04. The molecule has 0 amide bonds. The van der Waals surface area contributed by atoms with E-state index >= 15 is 0 Å². The molecule has 0 radical (unpaired) electrons. The highest BCUT2D eigenvalue weighted by Crippen LogP contribution is 2.45. The molecule has 1 unspecified atom stereocenters. The zero-order valence-electron chi connectivity index (χ0n) is 10.9. The summed E-state index contributed by atoms with van der Waals surface area (Å²) in [5.74, 6) is -0.351. The van der Waals surface area contributed by atoms with E-state index < -0.39 is 17.3 Å². The molecule has 7 heteroatoms. The summed E-state index contributed by atoms with van der Waals surface area (Å²) in [5.41, 5.74) is 0.0925. The van der Waals surface area contributed by atoms with Gasteiger partial charge >= 0.3 is 6.18 Å². The fraction of sp³-hybridized carbons (Fsp3) is 0.462. The molecule has 0 saturated carbocycles. The van der Waals surface area contributed by atoms with E-state index in [1.54, 1.807) is 0 Å². The summed E-state index contributed by atoms with van der Waals surface area (Å²) in [5, 5.41) is 12.8. The lowest BCUT2D eigenvalue weighted by Gasteiger charge is -2.19. The molecule has 2 aromatic rings. The lowest BCUT2D eigenvalue weighted by Crippen LogP contribution is -2.18. The van der Waals surface area contributed by atoms with Crippen molar-refractivity contribution in [1.29, 1.82) is 5.26 Å². The van der Waals surface area contributed by atoms with Gasteiger partial charge in [-0.25, -0.2) is 9.50 Å². The van der Waals surface area contributed by atoms with Crippen LogP contribution in [-0.4, -0.2) is 14.6 Å². The second-order valence-electron chi connectivity index (χ2n) is 5.63. The van der Waals surface area contributed by atoms with Crippen LogP contribution in [0.2, 0.25) is 0 Å². The van der Waals surface area contributed by atoms with E-state index in [0.29, 0.717) is 17.7 Å². The van der Waals surface area contributed by atoms with E-state index in [4.69, 9.17) is 5.26 Å². The number of hydrogen-bond acceptors (Lipinski definition) is 3. The predicted molar refractivity (Wildman–Crippen MR) is 64.0 cm³/mol. The summed E-state index contributed by atoms with van der Waals surface area (Å²) in [6.45, 7) is 3.80. The first kappa shape index (κ1) is 12.9. The average Bonchev–Trinajstić information content (AvgIpc) is 2.87. The van der Waals surface area contributed by atoms with Crippen molar-refractivity contribution in [2.45, 2.75) is 37.8 Å². The second kappa shape index (κ2) is 3.72. The zero-order chi connectivity index (χ0) is 14.7. The molecule has 0 bridgehead atoms. The first-order chi connectivity index (χ1) is 9.24. The van der Waals surface area contributed by atoms with Gasteiger partial charge in [-0.2, -0.15) is 23.5 Å². The Bertz CT molecular complexity index is 736. The van der Waals surface area contributed by atoms with Gasteiger partial charge in [0.05, 0.1) is 17.7 Å². The first-order valence-electron chi connectivity index (χ1n) is 6.10. The van der Waals surface area contributed by atoms with Crippen molar-refractivity contribution in [3.05, 3.63) is 29.2 Å². The van der Waals surface area contributed by atoms with Crippen molar-refractivity contribution in [1.82, 2.24) is 14.6 Å². The Balaban J connectivity index is 2.32. The minimum Gasteiger partial charge on any atom is -0.237 e. The lowest BCUT2D eigenvalue weighted by atomic mass is 9.89. The Labute approximate surface area is 112 Å². The van der Waals surface area contributed by atoms with Crippen LogP contribution >= 0.6 is 0 Å². The summed E-state index contributed by atoms with van der Waals surface area (Å²) >= 11 is 0. The van der Waals surface area contributed by atoms with Crippen molar-refractivity contribution < 1.29 is 13.2 Å². The molecule has 0 fully saturated rings. The van der Waals surface area contributed by atoms with Crippen LogP contribution in [0.15, 0.2) is 12.3 Å². The number of nitriles is 1. The molecule has 0 aromatic carbocycles. The standard InChI is InChI=1S/C13H11F3N4/c1-12(2)4-7(5-17)8-6-18-10-3-9(13(14,15)16)19-20(10)11(8)12/h3,6-7H,4H2,1-2H3. The van der Waals surface area contributed by atoms with Crippen LogP contribution in [-0.2, 0) is 11.6 Å². The van der Waals surface area contributed by atoms with Crippen molar-refractivity contribution in [3.63, 3.8) is 0 Å². The summed E-state index contributed by atoms with van der Waals surface area (Å²) in [6, 6.07) is 3.10. The van der Waals surface area contributed by atoms with E-state index in [1.165, 1.54) is 10.7 Å². The number of fused-ring (bicyclic) bond motifs is 3. The van der Waals surface area contributed by atoms with E-state index in [0.717, 1.165) is 6.07 Å². The number of halogens is 3. The van der Waals surface area contributed by atoms with Gasteiger partial charge in [0.15, 0.2) is 11.3 Å². The minimum atomic E-state index is -4.50. The SMILES string of the molecule is CC1(C)CC(C#N)c2cnc3cc(C(F)(F)F)nn3c21. The highest BCUT2D eigenvalue weighted by Gasteiger charge is 2.41. The van der Waals surface area contributed by atoms with E-state index in [-0.39, 0.29) is 11.6 Å². The molecule has 1 aliphatic carbocycles. The monoisotopic (exact) mass is 280 g/mol. The van der Waals surface area contributed by atoms with E-state index in [9.17, 15) is 13.2 Å². The topological polar surface area (TPSA) is 54.0 Å². The first-order valence-corrected chi connectivity index (χ1v) is 6.10. The van der Waals surface area contributed by atoms with Crippen LogP contribution in [0.25, 0.3) is 5.65 Å². The van der Waals surface area contributed by atoms with Gasteiger partial charge < -0.3 is 0 Å². The maximum Gasteiger partial charge on any atom is 0.435 e. The Kier molecular flexibility index (Phi) is 2.40. The maximum absolute atomic E-state index is 12.8. The van der Waals surface area contributed by atoms with Crippen LogP contribution < -0.4 is 0 Å². The van der Waals surface area contributed by atoms with Crippen LogP contribution in [0.4, 0.5) is 13.2 Å². The molecular weight excluding hydrogens is 269 g/mol. The Morgan fingerprint density at radius 3 is 2.75 bits per heavy atom. The molecular formula is C13H11F3N4. The minimum absolute atomic E-state index is 0.155. The Morgan fingerprint density at radius 2 is 2.15 bits per heavy atom. The molecule has 0 spiro atoms. The number of rotatable bonds is 0. The van der Waals surface area contributed by atoms with Crippen LogP contribution in [0.1, 0.15) is 43.1 Å². The summed E-state index contributed by atoms with van der Waals surface area (Å²) in [6.07, 6.45) is -2.45.